The average molecular weight is 257 g/mol. The Morgan fingerprint density at radius 1 is 1.37 bits per heavy atom. The van der Waals surface area contributed by atoms with Gasteiger partial charge in [0.2, 0.25) is 5.91 Å². The number of nitrogens with zero attached hydrogens (tertiary/aromatic N) is 1. The fraction of sp³-hybridized carbons (Fsp3) is 0.467. The summed E-state index contributed by atoms with van der Waals surface area (Å²) in [5.41, 5.74) is 1.96. The minimum absolute atomic E-state index is 0.0690. The smallest absolute Gasteiger partial charge is 0.223 e. The molecular formula is C15H19N3O. The Morgan fingerprint density at radius 2 is 2.11 bits per heavy atom. The van der Waals surface area contributed by atoms with Crippen LogP contribution >= 0.6 is 0 Å². The molecular weight excluding hydrogens is 238 g/mol. The van der Waals surface area contributed by atoms with Crippen molar-refractivity contribution >= 4 is 16.9 Å². The maximum absolute atomic E-state index is 12.1. The first-order chi connectivity index (χ1) is 9.24. The number of H-pyrrole nitrogens is 1. The first kappa shape index (κ1) is 12.2. The lowest BCUT2D eigenvalue weighted by atomic mass is 10.1. The van der Waals surface area contributed by atoms with Gasteiger partial charge >= 0.3 is 0 Å². The Kier molecular flexibility index (Phi) is 3.23. The van der Waals surface area contributed by atoms with Crippen molar-refractivity contribution in [2.75, 3.05) is 0 Å². The minimum Gasteiger partial charge on any atom is -0.346 e. The molecule has 1 amide bonds. The molecule has 0 bridgehead atoms. The van der Waals surface area contributed by atoms with Gasteiger partial charge in [-0.1, -0.05) is 25.0 Å². The number of rotatable bonds is 3. The van der Waals surface area contributed by atoms with Crippen LogP contribution in [0, 0.1) is 5.92 Å². The van der Waals surface area contributed by atoms with Crippen LogP contribution in [0.3, 0.4) is 0 Å². The summed E-state index contributed by atoms with van der Waals surface area (Å²) in [6, 6.07) is 7.85. The van der Waals surface area contributed by atoms with Gasteiger partial charge in [0.25, 0.3) is 0 Å². The van der Waals surface area contributed by atoms with Crippen molar-refractivity contribution in [3.05, 3.63) is 30.1 Å². The maximum Gasteiger partial charge on any atom is 0.223 e. The topological polar surface area (TPSA) is 57.8 Å². The van der Waals surface area contributed by atoms with Crippen LogP contribution in [0.1, 0.15) is 44.5 Å². The van der Waals surface area contributed by atoms with E-state index in [2.05, 4.69) is 15.3 Å². The molecule has 1 aliphatic rings. The van der Waals surface area contributed by atoms with Gasteiger partial charge in [0.1, 0.15) is 5.82 Å². The highest BCUT2D eigenvalue weighted by molar-refractivity contribution is 5.79. The number of amides is 1. The quantitative estimate of drug-likeness (QED) is 0.888. The number of nitrogens with one attached hydrogen (secondary N) is 2. The highest BCUT2D eigenvalue weighted by atomic mass is 16.1. The van der Waals surface area contributed by atoms with E-state index >= 15 is 0 Å². The van der Waals surface area contributed by atoms with Crippen molar-refractivity contribution in [1.82, 2.24) is 15.3 Å². The van der Waals surface area contributed by atoms with E-state index in [1.54, 1.807) is 0 Å². The molecule has 2 aromatic rings. The predicted octanol–water partition coefficient (Wildman–Crippen LogP) is 2.93. The summed E-state index contributed by atoms with van der Waals surface area (Å²) < 4.78 is 0. The van der Waals surface area contributed by atoms with Gasteiger partial charge in [0.05, 0.1) is 17.1 Å². The first-order valence-corrected chi connectivity index (χ1v) is 6.99. The maximum atomic E-state index is 12.1. The molecule has 1 fully saturated rings. The van der Waals surface area contributed by atoms with E-state index < -0.39 is 0 Å². The summed E-state index contributed by atoms with van der Waals surface area (Å²) in [5, 5.41) is 3.07. The molecule has 1 aromatic heterocycles. The highest BCUT2D eigenvalue weighted by Gasteiger charge is 2.24. The number of para-hydroxylation sites is 2. The Balaban J connectivity index is 1.72. The second-order valence-corrected chi connectivity index (χ2v) is 5.35. The largest absolute Gasteiger partial charge is 0.346 e. The zero-order valence-corrected chi connectivity index (χ0v) is 11.1. The molecule has 0 saturated heterocycles. The molecule has 19 heavy (non-hydrogen) atoms. The van der Waals surface area contributed by atoms with Crippen LogP contribution in [-0.2, 0) is 4.79 Å². The van der Waals surface area contributed by atoms with E-state index in [9.17, 15) is 4.79 Å². The van der Waals surface area contributed by atoms with E-state index in [-0.39, 0.29) is 17.9 Å². The van der Waals surface area contributed by atoms with E-state index in [1.165, 1.54) is 12.8 Å². The number of benzene rings is 1. The molecule has 0 aliphatic heterocycles. The van der Waals surface area contributed by atoms with Crippen molar-refractivity contribution in [1.29, 1.82) is 0 Å². The van der Waals surface area contributed by atoms with Crippen LogP contribution in [0.2, 0.25) is 0 Å². The lowest BCUT2D eigenvalue weighted by Gasteiger charge is -2.15. The number of hydrogen-bond donors (Lipinski definition) is 2. The minimum atomic E-state index is -0.0690. The van der Waals surface area contributed by atoms with Gasteiger partial charge in [-0.25, -0.2) is 4.98 Å². The number of hydrogen-bond acceptors (Lipinski definition) is 2. The number of carbonyl (C=O) groups excluding carboxylic acids is 1. The lowest BCUT2D eigenvalue weighted by molar-refractivity contribution is -0.125. The predicted molar refractivity (Wildman–Crippen MR) is 74.6 cm³/mol. The van der Waals surface area contributed by atoms with Gasteiger partial charge in [0.15, 0.2) is 0 Å². The number of aromatic amines is 1. The molecule has 3 rings (SSSR count). The van der Waals surface area contributed by atoms with Gasteiger partial charge in [-0.05, 0) is 31.9 Å². The van der Waals surface area contributed by atoms with Gasteiger partial charge < -0.3 is 10.3 Å². The van der Waals surface area contributed by atoms with Crippen molar-refractivity contribution in [2.24, 2.45) is 5.92 Å². The Hall–Kier alpha value is -1.84. The number of carbonyl (C=O) groups is 1. The molecule has 4 nitrogen and oxygen atoms in total. The van der Waals surface area contributed by atoms with E-state index in [0.29, 0.717) is 0 Å². The molecule has 0 spiro atoms. The van der Waals surface area contributed by atoms with E-state index in [0.717, 1.165) is 29.7 Å². The zero-order valence-electron chi connectivity index (χ0n) is 11.1. The molecule has 1 atom stereocenters. The van der Waals surface area contributed by atoms with Crippen LogP contribution in [-0.4, -0.2) is 15.9 Å². The third-order valence-electron chi connectivity index (χ3n) is 3.90. The fourth-order valence-corrected chi connectivity index (χ4v) is 2.77. The summed E-state index contributed by atoms with van der Waals surface area (Å²) in [4.78, 5) is 19.9. The molecule has 100 valence electrons. The van der Waals surface area contributed by atoms with Crippen molar-refractivity contribution < 1.29 is 4.79 Å². The number of imidazole rings is 1. The Morgan fingerprint density at radius 3 is 2.84 bits per heavy atom. The molecule has 2 N–H and O–H groups in total. The summed E-state index contributed by atoms with van der Waals surface area (Å²) in [6.45, 7) is 1.98. The van der Waals surface area contributed by atoms with Crippen LogP contribution < -0.4 is 5.32 Å². The second kappa shape index (κ2) is 5.03. The van der Waals surface area contributed by atoms with Crippen molar-refractivity contribution in [3.8, 4) is 0 Å². The lowest BCUT2D eigenvalue weighted by Crippen LogP contribution is -2.32. The highest BCUT2D eigenvalue weighted by Crippen LogP contribution is 2.25. The van der Waals surface area contributed by atoms with Crippen LogP contribution in [0.25, 0.3) is 11.0 Å². The third kappa shape index (κ3) is 2.48. The van der Waals surface area contributed by atoms with Gasteiger partial charge in [-0.3, -0.25) is 4.79 Å². The standard InChI is InChI=1S/C15H19N3O/c1-10(16-15(19)11-6-2-3-7-11)14-17-12-8-4-5-9-13(12)18-14/h4-5,8-11H,2-3,6-7H2,1H3,(H,16,19)(H,17,18). The van der Waals surface area contributed by atoms with Gasteiger partial charge in [-0.2, -0.15) is 0 Å². The van der Waals surface area contributed by atoms with Gasteiger partial charge in [-0.15, -0.1) is 0 Å². The summed E-state index contributed by atoms with van der Waals surface area (Å²) in [5.74, 6) is 1.20. The van der Waals surface area contributed by atoms with E-state index in [4.69, 9.17) is 0 Å². The fourth-order valence-electron chi connectivity index (χ4n) is 2.77. The number of fused-ring (bicyclic) bond motifs is 1. The molecule has 1 heterocycles. The van der Waals surface area contributed by atoms with E-state index in [1.807, 2.05) is 31.2 Å². The van der Waals surface area contributed by atoms with Crippen molar-refractivity contribution in [2.45, 2.75) is 38.6 Å². The second-order valence-electron chi connectivity index (χ2n) is 5.35. The Bertz CT molecular complexity index is 551. The van der Waals surface area contributed by atoms with Gasteiger partial charge in [0, 0.05) is 5.92 Å². The summed E-state index contributed by atoms with van der Waals surface area (Å²) in [7, 11) is 0. The molecule has 4 heteroatoms. The summed E-state index contributed by atoms with van der Waals surface area (Å²) in [6.07, 6.45) is 4.41. The normalized spacial score (nSPS) is 17.7. The van der Waals surface area contributed by atoms with Crippen LogP contribution in [0.4, 0.5) is 0 Å². The van der Waals surface area contributed by atoms with Crippen molar-refractivity contribution in [3.63, 3.8) is 0 Å². The zero-order chi connectivity index (χ0) is 13.2. The first-order valence-electron chi connectivity index (χ1n) is 6.99. The SMILES string of the molecule is CC(NC(=O)C1CCCC1)c1nc2ccccc2[nH]1. The third-order valence-corrected chi connectivity index (χ3v) is 3.90. The number of aromatic nitrogens is 2. The molecule has 1 aliphatic carbocycles. The molecule has 1 aromatic carbocycles. The monoisotopic (exact) mass is 257 g/mol. The Labute approximate surface area is 112 Å². The van der Waals surface area contributed by atoms with Crippen LogP contribution in [0.15, 0.2) is 24.3 Å². The average Bonchev–Trinajstić information content (AvgIpc) is 3.07. The molecule has 1 unspecified atom stereocenters. The van der Waals surface area contributed by atoms with Crippen LogP contribution in [0.5, 0.6) is 0 Å². The molecule has 0 radical (unpaired) electrons. The molecule has 1 saturated carbocycles. The summed E-state index contributed by atoms with van der Waals surface area (Å²) >= 11 is 0.